The molecule has 2 rings (SSSR count). The van der Waals surface area contributed by atoms with Gasteiger partial charge >= 0.3 is 6.03 Å². The fraction of sp³-hybridized carbons (Fsp3) is 0.812. The average molecular weight is 466 g/mol. The third-order valence-corrected chi connectivity index (χ3v) is 4.69. The van der Waals surface area contributed by atoms with Crippen LogP contribution in [-0.4, -0.2) is 79.6 Å². The zero-order valence-corrected chi connectivity index (χ0v) is 17.8. The molecule has 3 amide bonds. The number of hydrogen-bond donors (Lipinski definition) is 3. The molecule has 2 aliphatic heterocycles. The van der Waals surface area contributed by atoms with Crippen molar-refractivity contribution in [2.45, 2.75) is 38.6 Å². The monoisotopic (exact) mass is 466 g/mol. The Labute approximate surface area is 167 Å². The van der Waals surface area contributed by atoms with E-state index in [1.807, 2.05) is 0 Å². The van der Waals surface area contributed by atoms with Gasteiger partial charge in [0.1, 0.15) is 0 Å². The maximum absolute atomic E-state index is 11.5. The predicted octanol–water partition coefficient (Wildman–Crippen LogP) is 0.586. The molecule has 8 nitrogen and oxygen atoms in total. The Bertz CT molecular complexity index is 475. The summed E-state index contributed by atoms with van der Waals surface area (Å²) in [5.74, 6) is 0.503. The van der Waals surface area contributed by atoms with Crippen LogP contribution >= 0.6 is 24.0 Å². The summed E-state index contributed by atoms with van der Waals surface area (Å²) in [6.45, 7) is 8.47. The molecule has 0 bridgehead atoms. The van der Waals surface area contributed by atoms with E-state index < -0.39 is 0 Å². The van der Waals surface area contributed by atoms with E-state index in [9.17, 15) is 9.59 Å². The second-order valence-electron chi connectivity index (χ2n) is 6.92. The van der Waals surface area contributed by atoms with Crippen molar-refractivity contribution in [2.75, 3.05) is 46.3 Å². The van der Waals surface area contributed by atoms with Crippen molar-refractivity contribution in [2.24, 2.45) is 4.99 Å². The van der Waals surface area contributed by atoms with Crippen molar-refractivity contribution in [1.29, 1.82) is 0 Å². The Balaban J connectivity index is 0.00000312. The van der Waals surface area contributed by atoms with E-state index >= 15 is 0 Å². The Morgan fingerprint density at radius 2 is 1.88 bits per heavy atom. The number of aliphatic imine (C=N–C) groups is 1. The average Bonchev–Trinajstić information content (AvgIpc) is 2.90. The minimum atomic E-state index is -0.323. The highest BCUT2D eigenvalue weighted by molar-refractivity contribution is 14.0. The molecule has 0 aromatic carbocycles. The van der Waals surface area contributed by atoms with Crippen LogP contribution in [0.3, 0.4) is 0 Å². The molecular weight excluding hydrogens is 435 g/mol. The number of rotatable bonds is 6. The van der Waals surface area contributed by atoms with Crippen LogP contribution in [-0.2, 0) is 4.79 Å². The predicted molar refractivity (Wildman–Crippen MR) is 109 cm³/mol. The number of halogens is 1. The van der Waals surface area contributed by atoms with Crippen molar-refractivity contribution in [3.8, 4) is 0 Å². The van der Waals surface area contributed by atoms with E-state index in [1.54, 1.807) is 7.05 Å². The van der Waals surface area contributed by atoms with Crippen molar-refractivity contribution >= 4 is 41.9 Å². The number of nitrogens with zero attached hydrogens (tertiary/aromatic N) is 3. The second-order valence-corrected chi connectivity index (χ2v) is 6.92. The number of carbonyl (C=O) groups is 2. The van der Waals surface area contributed by atoms with E-state index in [-0.39, 0.29) is 48.0 Å². The first-order chi connectivity index (χ1) is 11.4. The Hall–Kier alpha value is -1.10. The zero-order valence-electron chi connectivity index (χ0n) is 15.4. The molecule has 0 aromatic heterocycles. The fourth-order valence-electron chi connectivity index (χ4n) is 3.10. The Kier molecular flexibility index (Phi) is 8.91. The van der Waals surface area contributed by atoms with Gasteiger partial charge in [0, 0.05) is 32.2 Å². The van der Waals surface area contributed by atoms with Crippen molar-refractivity contribution in [3.63, 3.8) is 0 Å². The van der Waals surface area contributed by atoms with E-state index in [0.717, 1.165) is 19.6 Å². The van der Waals surface area contributed by atoms with Crippen LogP contribution in [0.25, 0.3) is 0 Å². The first kappa shape index (κ1) is 21.9. The van der Waals surface area contributed by atoms with Crippen LogP contribution in [0.2, 0.25) is 0 Å². The van der Waals surface area contributed by atoms with Gasteiger partial charge in [-0.2, -0.15) is 0 Å². The second kappa shape index (κ2) is 10.1. The van der Waals surface area contributed by atoms with Crippen LogP contribution in [0, 0.1) is 0 Å². The van der Waals surface area contributed by atoms with Crippen LogP contribution < -0.4 is 16.0 Å². The molecule has 25 heavy (non-hydrogen) atoms. The molecule has 3 N–H and O–H groups in total. The summed E-state index contributed by atoms with van der Waals surface area (Å²) in [6, 6.07) is -0.323. The number of likely N-dealkylation sites (tertiary alicyclic amines) is 1. The summed E-state index contributed by atoms with van der Waals surface area (Å²) < 4.78 is 0. The summed E-state index contributed by atoms with van der Waals surface area (Å²) in [7, 11) is 1.72. The van der Waals surface area contributed by atoms with E-state index in [1.165, 1.54) is 24.2 Å². The highest BCUT2D eigenvalue weighted by Gasteiger charge is 2.29. The molecule has 9 heteroatoms. The van der Waals surface area contributed by atoms with Crippen LogP contribution in [0.15, 0.2) is 4.99 Å². The molecule has 0 unspecified atom stereocenters. The summed E-state index contributed by atoms with van der Waals surface area (Å²) in [6.07, 6.45) is 3.86. The fourth-order valence-corrected chi connectivity index (χ4v) is 3.10. The maximum Gasteiger partial charge on any atom is 0.324 e. The van der Waals surface area contributed by atoms with Gasteiger partial charge in [-0.15, -0.1) is 24.0 Å². The molecule has 0 radical (unpaired) electrons. The molecule has 0 aliphatic carbocycles. The molecule has 2 aliphatic rings. The van der Waals surface area contributed by atoms with Gasteiger partial charge in [0.05, 0.1) is 6.54 Å². The third kappa shape index (κ3) is 6.28. The van der Waals surface area contributed by atoms with Crippen molar-refractivity contribution < 1.29 is 9.59 Å². The van der Waals surface area contributed by atoms with Crippen molar-refractivity contribution in [3.05, 3.63) is 0 Å². The van der Waals surface area contributed by atoms with E-state index in [0.29, 0.717) is 19.0 Å². The van der Waals surface area contributed by atoms with Gasteiger partial charge in [-0.05, 0) is 39.8 Å². The number of piperidine rings is 1. The van der Waals surface area contributed by atoms with Crippen LogP contribution in [0.1, 0.15) is 33.1 Å². The number of guanidine groups is 1. The SMILES string of the molecule is CN=C(NCCN1C(=O)CNC1=O)NCC(C)(C)N1CCCCC1.I. The molecule has 0 spiro atoms. The largest absolute Gasteiger partial charge is 0.355 e. The number of amides is 3. The Morgan fingerprint density at radius 3 is 2.44 bits per heavy atom. The first-order valence-corrected chi connectivity index (χ1v) is 8.72. The third-order valence-electron chi connectivity index (χ3n) is 4.69. The molecule has 2 saturated heterocycles. The molecule has 0 atom stereocenters. The summed E-state index contributed by atoms with van der Waals surface area (Å²) in [5.41, 5.74) is 0.0584. The van der Waals surface area contributed by atoms with Crippen LogP contribution in [0.5, 0.6) is 0 Å². The van der Waals surface area contributed by atoms with Gasteiger partial charge in [-0.1, -0.05) is 6.42 Å². The van der Waals surface area contributed by atoms with Crippen LogP contribution in [0.4, 0.5) is 4.79 Å². The zero-order chi connectivity index (χ0) is 17.6. The first-order valence-electron chi connectivity index (χ1n) is 8.72. The highest BCUT2D eigenvalue weighted by atomic mass is 127. The van der Waals surface area contributed by atoms with Gasteiger partial charge in [0.15, 0.2) is 5.96 Å². The van der Waals surface area contributed by atoms with E-state index in [4.69, 9.17) is 0 Å². The van der Waals surface area contributed by atoms with Gasteiger partial charge < -0.3 is 16.0 Å². The lowest BCUT2D eigenvalue weighted by molar-refractivity contribution is -0.124. The quantitative estimate of drug-likeness (QED) is 0.231. The van der Waals surface area contributed by atoms with E-state index in [2.05, 4.69) is 39.7 Å². The van der Waals surface area contributed by atoms with Gasteiger partial charge in [-0.3, -0.25) is 19.6 Å². The summed E-state index contributed by atoms with van der Waals surface area (Å²) >= 11 is 0. The highest BCUT2D eigenvalue weighted by Crippen LogP contribution is 2.19. The summed E-state index contributed by atoms with van der Waals surface area (Å²) in [4.78, 5) is 31.0. The molecule has 144 valence electrons. The maximum atomic E-state index is 11.5. The molecule has 2 heterocycles. The lowest BCUT2D eigenvalue weighted by Crippen LogP contribution is -2.55. The molecule has 0 saturated carbocycles. The minimum absolute atomic E-state index is 0. The van der Waals surface area contributed by atoms with Gasteiger partial charge in [-0.25, -0.2) is 4.79 Å². The standard InChI is InChI=1S/C16H30N6O2.HI/c1-16(2,21-8-5-4-6-9-21)12-20-14(17-3)18-7-10-22-13(23)11-19-15(22)24;/h4-12H2,1-3H3,(H,19,24)(H2,17,18,20);1H. The van der Waals surface area contributed by atoms with Gasteiger partial charge in [0.2, 0.25) is 5.91 Å². The number of urea groups is 1. The normalized spacial score (nSPS) is 19.5. The molecule has 2 fully saturated rings. The molecular formula is C16H31IN6O2. The smallest absolute Gasteiger partial charge is 0.324 e. The topological polar surface area (TPSA) is 89.1 Å². The summed E-state index contributed by atoms with van der Waals surface area (Å²) in [5, 5.41) is 9.02. The van der Waals surface area contributed by atoms with Crippen molar-refractivity contribution in [1.82, 2.24) is 25.8 Å². The molecule has 0 aromatic rings. The van der Waals surface area contributed by atoms with Gasteiger partial charge in [0.25, 0.3) is 0 Å². The number of nitrogens with one attached hydrogen (secondary N) is 3. The lowest BCUT2D eigenvalue weighted by Gasteiger charge is -2.41. The lowest BCUT2D eigenvalue weighted by atomic mass is 9.98. The minimum Gasteiger partial charge on any atom is -0.355 e. The number of hydrogen-bond acceptors (Lipinski definition) is 4. The number of carbonyl (C=O) groups excluding carboxylic acids is 2. The number of imide groups is 1. The Morgan fingerprint density at radius 1 is 1.20 bits per heavy atom.